The van der Waals surface area contributed by atoms with Crippen LogP contribution in [0.2, 0.25) is 0 Å². The molecule has 0 aromatic rings. The Morgan fingerprint density at radius 1 is 0.459 bits per heavy atom. The van der Waals surface area contributed by atoms with Crippen molar-refractivity contribution in [1.29, 1.82) is 0 Å². The lowest BCUT2D eigenvalue weighted by Crippen LogP contribution is -2.38. The van der Waals surface area contributed by atoms with Crippen LogP contribution in [-0.4, -0.2) is 0 Å². The van der Waals surface area contributed by atoms with Crippen LogP contribution in [0.25, 0.3) is 0 Å². The lowest BCUT2D eigenvalue weighted by Gasteiger charge is -2.46. The quantitative estimate of drug-likeness (QED) is 0.268. The molecule has 0 bridgehead atoms. The number of unbranched alkanes of at least 4 members (excludes halogenated alkanes) is 2. The Morgan fingerprint density at radius 2 is 0.973 bits per heavy atom. The van der Waals surface area contributed by atoms with Crippen LogP contribution in [0, 0.1) is 47.3 Å². The third kappa shape index (κ3) is 9.85. The fourth-order valence-electron chi connectivity index (χ4n) is 10.1. The van der Waals surface area contributed by atoms with Gasteiger partial charge < -0.3 is 0 Å². The second-order valence-corrected chi connectivity index (χ2v) is 14.3. The summed E-state index contributed by atoms with van der Waals surface area (Å²) < 4.78 is 0. The number of hydrogen-bond donors (Lipinski definition) is 0. The maximum absolute atomic E-state index is 2.49. The zero-order valence-electron chi connectivity index (χ0n) is 26.3. The highest BCUT2D eigenvalue weighted by Gasteiger charge is 2.47. The molecule has 4 rings (SSSR count). The summed E-state index contributed by atoms with van der Waals surface area (Å²) >= 11 is 0. The third-order valence-electron chi connectivity index (χ3n) is 12.1. The predicted octanol–water partition coefficient (Wildman–Crippen LogP) is 12.8. The van der Waals surface area contributed by atoms with E-state index in [9.17, 15) is 0 Å². The first-order valence-corrected chi connectivity index (χ1v) is 18.2. The molecule has 4 fully saturated rings. The van der Waals surface area contributed by atoms with Gasteiger partial charge in [0.05, 0.1) is 0 Å². The van der Waals surface area contributed by atoms with Crippen LogP contribution in [-0.2, 0) is 0 Å². The molecule has 4 aliphatic rings. The summed E-state index contributed by atoms with van der Waals surface area (Å²) in [4.78, 5) is 0. The average molecular weight is 515 g/mol. The maximum atomic E-state index is 2.49. The molecule has 0 aromatic heterocycles. The van der Waals surface area contributed by atoms with E-state index in [1.54, 1.807) is 44.9 Å². The molecule has 0 saturated heterocycles. The summed E-state index contributed by atoms with van der Waals surface area (Å²) in [6.45, 7) is 9.82. The Kier molecular flexibility index (Phi) is 15.7. The molecule has 218 valence electrons. The molecule has 0 spiro atoms. The van der Waals surface area contributed by atoms with Gasteiger partial charge in [-0.15, -0.1) is 0 Å². The molecular formula is C37H70. The van der Waals surface area contributed by atoms with Crippen LogP contribution < -0.4 is 0 Å². The minimum atomic E-state index is 1.03. The fourth-order valence-corrected chi connectivity index (χ4v) is 10.1. The highest BCUT2D eigenvalue weighted by Crippen LogP contribution is 2.56. The average Bonchev–Trinajstić information content (AvgIpc) is 3.43. The molecule has 0 nitrogen and oxygen atoms in total. The van der Waals surface area contributed by atoms with Crippen molar-refractivity contribution in [2.24, 2.45) is 47.3 Å². The van der Waals surface area contributed by atoms with Gasteiger partial charge in [0, 0.05) is 0 Å². The van der Waals surface area contributed by atoms with Crippen LogP contribution in [0.1, 0.15) is 188 Å². The van der Waals surface area contributed by atoms with Crippen molar-refractivity contribution >= 4 is 0 Å². The van der Waals surface area contributed by atoms with Gasteiger partial charge >= 0.3 is 0 Å². The smallest absolute Gasteiger partial charge is 0.0326 e. The standard InChI is InChI=1S/C28H52.C9H18/c1-5-9-11-14-24-17-18-27(28(24)23-15-12-10-13-16-23)25-19-21(6-2)26(8-4)22(7-3)20-25;1-2-4-6-8-9-7-5-3-1/h21-28H,5-20H2,1-4H3;1-9H2. The first kappa shape index (κ1) is 31.5. The number of rotatable bonds is 9. The van der Waals surface area contributed by atoms with Gasteiger partial charge in [0.15, 0.2) is 0 Å². The molecule has 4 aliphatic carbocycles. The van der Waals surface area contributed by atoms with E-state index in [4.69, 9.17) is 0 Å². The highest BCUT2D eigenvalue weighted by atomic mass is 14.5. The third-order valence-corrected chi connectivity index (χ3v) is 12.1. The Morgan fingerprint density at radius 3 is 1.43 bits per heavy atom. The molecule has 0 heteroatoms. The molecule has 0 aliphatic heterocycles. The van der Waals surface area contributed by atoms with E-state index < -0.39 is 0 Å². The maximum Gasteiger partial charge on any atom is -0.0326 e. The van der Waals surface area contributed by atoms with Gasteiger partial charge in [-0.1, -0.05) is 163 Å². The largest absolute Gasteiger partial charge is 0.0654 e. The van der Waals surface area contributed by atoms with Crippen LogP contribution in [0.3, 0.4) is 0 Å². The topological polar surface area (TPSA) is 0 Å². The van der Waals surface area contributed by atoms with Gasteiger partial charge in [-0.25, -0.2) is 0 Å². The monoisotopic (exact) mass is 515 g/mol. The Bertz CT molecular complexity index is 502. The summed E-state index contributed by atoms with van der Waals surface area (Å²) in [5, 5.41) is 0. The Hall–Kier alpha value is 0. The molecule has 0 N–H and O–H groups in total. The molecular weight excluding hydrogens is 444 g/mol. The van der Waals surface area contributed by atoms with E-state index in [-0.39, 0.29) is 0 Å². The second-order valence-electron chi connectivity index (χ2n) is 14.3. The van der Waals surface area contributed by atoms with Crippen LogP contribution in [0.5, 0.6) is 0 Å². The normalized spacial score (nSPS) is 36.2. The van der Waals surface area contributed by atoms with Gasteiger partial charge in [-0.05, 0) is 73.0 Å². The number of hydrogen-bond acceptors (Lipinski definition) is 0. The minimum Gasteiger partial charge on any atom is -0.0654 e. The van der Waals surface area contributed by atoms with Crippen molar-refractivity contribution in [2.75, 3.05) is 0 Å². The summed E-state index contributed by atoms with van der Waals surface area (Å²) in [5.74, 6) is 8.54. The van der Waals surface area contributed by atoms with Gasteiger partial charge in [0.1, 0.15) is 0 Å². The lowest BCUT2D eigenvalue weighted by atomic mass is 9.59. The first-order valence-electron chi connectivity index (χ1n) is 18.2. The van der Waals surface area contributed by atoms with E-state index in [2.05, 4.69) is 27.7 Å². The summed E-state index contributed by atoms with van der Waals surface area (Å²) in [6.07, 6.45) is 37.8. The minimum absolute atomic E-state index is 1.03. The molecule has 37 heavy (non-hydrogen) atoms. The van der Waals surface area contributed by atoms with Crippen molar-refractivity contribution in [1.82, 2.24) is 0 Å². The summed E-state index contributed by atoms with van der Waals surface area (Å²) in [7, 11) is 0. The van der Waals surface area contributed by atoms with Gasteiger partial charge in [0.25, 0.3) is 0 Å². The molecule has 0 heterocycles. The van der Waals surface area contributed by atoms with E-state index in [0.29, 0.717) is 0 Å². The van der Waals surface area contributed by atoms with E-state index in [1.165, 1.54) is 116 Å². The molecule has 0 aromatic carbocycles. The van der Waals surface area contributed by atoms with Crippen molar-refractivity contribution in [3.8, 4) is 0 Å². The van der Waals surface area contributed by atoms with Crippen LogP contribution in [0.15, 0.2) is 0 Å². The molecule has 5 unspecified atom stereocenters. The highest BCUT2D eigenvalue weighted by molar-refractivity contribution is 4.96. The predicted molar refractivity (Wildman–Crippen MR) is 166 cm³/mol. The Labute approximate surface area is 235 Å². The molecule has 0 amide bonds. The zero-order valence-corrected chi connectivity index (χ0v) is 26.3. The van der Waals surface area contributed by atoms with Crippen molar-refractivity contribution in [3.63, 3.8) is 0 Å². The zero-order chi connectivity index (χ0) is 26.3. The van der Waals surface area contributed by atoms with Crippen molar-refractivity contribution < 1.29 is 0 Å². The van der Waals surface area contributed by atoms with E-state index >= 15 is 0 Å². The molecule has 5 atom stereocenters. The van der Waals surface area contributed by atoms with Crippen molar-refractivity contribution in [3.05, 3.63) is 0 Å². The van der Waals surface area contributed by atoms with Gasteiger partial charge in [-0.3, -0.25) is 0 Å². The summed E-state index contributed by atoms with van der Waals surface area (Å²) in [5.41, 5.74) is 0. The SMILES string of the molecule is C1CCCCCCCC1.CCCCCC1CCC(C2CC(CC)C(CC)C(CC)C2)C1C1CCCCC1. The molecule has 0 radical (unpaired) electrons. The fraction of sp³-hybridized carbons (Fsp3) is 1.00. The van der Waals surface area contributed by atoms with Crippen LogP contribution in [0.4, 0.5) is 0 Å². The van der Waals surface area contributed by atoms with Crippen molar-refractivity contribution in [2.45, 2.75) is 188 Å². The summed E-state index contributed by atoms with van der Waals surface area (Å²) in [6, 6.07) is 0. The van der Waals surface area contributed by atoms with E-state index in [0.717, 1.165) is 47.3 Å². The second kappa shape index (κ2) is 18.4. The van der Waals surface area contributed by atoms with E-state index in [1.807, 2.05) is 0 Å². The van der Waals surface area contributed by atoms with Gasteiger partial charge in [0.2, 0.25) is 0 Å². The first-order chi connectivity index (χ1) is 18.2. The lowest BCUT2D eigenvalue weighted by molar-refractivity contribution is 0.0314. The molecule has 4 saturated carbocycles. The van der Waals surface area contributed by atoms with Gasteiger partial charge in [-0.2, -0.15) is 0 Å². The Balaban J connectivity index is 0.000000356. The van der Waals surface area contributed by atoms with Crippen LogP contribution >= 0.6 is 0 Å².